The lowest BCUT2D eigenvalue weighted by Gasteiger charge is -2.24. The highest BCUT2D eigenvalue weighted by Crippen LogP contribution is 2.21. The third-order valence-electron chi connectivity index (χ3n) is 4.44. The molecule has 0 radical (unpaired) electrons. The first-order valence-corrected chi connectivity index (χ1v) is 8.43. The van der Waals surface area contributed by atoms with E-state index in [4.69, 9.17) is 4.52 Å². The zero-order valence-corrected chi connectivity index (χ0v) is 15.4. The molecule has 1 unspecified atom stereocenters. The van der Waals surface area contributed by atoms with Gasteiger partial charge in [0.1, 0.15) is 17.6 Å². The van der Waals surface area contributed by atoms with Crippen LogP contribution < -0.4 is 5.32 Å². The van der Waals surface area contributed by atoms with Crippen LogP contribution in [0.15, 0.2) is 47.2 Å². The van der Waals surface area contributed by atoms with Crippen LogP contribution in [0.1, 0.15) is 34.4 Å². The Balaban J connectivity index is 1.80. The number of carbonyl (C=O) groups is 1. The number of aromatic nitrogens is 3. The third-order valence-corrected chi connectivity index (χ3v) is 4.44. The van der Waals surface area contributed by atoms with Crippen molar-refractivity contribution < 1.29 is 9.32 Å². The summed E-state index contributed by atoms with van der Waals surface area (Å²) in [5, 5.41) is 7.02. The van der Waals surface area contributed by atoms with Gasteiger partial charge in [-0.25, -0.2) is 9.78 Å². The number of hydrogen-bond acceptors (Lipinski definition) is 4. The molecule has 0 aliphatic heterocycles. The fourth-order valence-corrected chi connectivity index (χ4v) is 2.87. The van der Waals surface area contributed by atoms with Crippen molar-refractivity contribution in [2.75, 3.05) is 7.05 Å². The van der Waals surface area contributed by atoms with Gasteiger partial charge in [-0.05, 0) is 19.4 Å². The predicted octanol–water partition coefficient (Wildman–Crippen LogP) is 2.96. The summed E-state index contributed by atoms with van der Waals surface area (Å²) in [7, 11) is 3.67. The molecule has 0 aliphatic rings. The summed E-state index contributed by atoms with van der Waals surface area (Å²) in [6.45, 7) is 4.15. The number of nitrogens with one attached hydrogen (secondary N) is 1. The van der Waals surface area contributed by atoms with Crippen molar-refractivity contribution in [2.45, 2.75) is 26.4 Å². The van der Waals surface area contributed by atoms with Crippen LogP contribution in [0.25, 0.3) is 0 Å². The van der Waals surface area contributed by atoms with Crippen molar-refractivity contribution in [1.82, 2.24) is 24.9 Å². The Kier molecular flexibility index (Phi) is 5.06. The molecule has 2 heterocycles. The molecule has 1 aromatic carbocycles. The molecular weight excluding hydrogens is 330 g/mol. The van der Waals surface area contributed by atoms with Gasteiger partial charge in [-0.2, -0.15) is 0 Å². The van der Waals surface area contributed by atoms with Crippen molar-refractivity contribution >= 4 is 6.03 Å². The SMILES string of the molecule is Cc1noc(C)c1CN(C)C(=O)NC(c1ccccc1)c1nccn1C. The van der Waals surface area contributed by atoms with Crippen LogP contribution in [-0.2, 0) is 13.6 Å². The normalized spacial score (nSPS) is 12.0. The maximum atomic E-state index is 12.8. The lowest BCUT2D eigenvalue weighted by molar-refractivity contribution is 0.203. The Hall–Kier alpha value is -3.09. The molecule has 26 heavy (non-hydrogen) atoms. The zero-order chi connectivity index (χ0) is 18.7. The number of rotatable bonds is 5. The van der Waals surface area contributed by atoms with E-state index in [0.717, 1.165) is 28.4 Å². The molecule has 2 aromatic heterocycles. The summed E-state index contributed by atoms with van der Waals surface area (Å²) in [6.07, 6.45) is 3.59. The number of amides is 2. The lowest BCUT2D eigenvalue weighted by atomic mass is 10.1. The highest BCUT2D eigenvalue weighted by molar-refractivity contribution is 5.75. The number of benzene rings is 1. The van der Waals surface area contributed by atoms with Crippen LogP contribution in [0.2, 0.25) is 0 Å². The molecule has 3 aromatic rings. The molecule has 0 saturated carbocycles. The largest absolute Gasteiger partial charge is 0.361 e. The second-order valence-corrected chi connectivity index (χ2v) is 6.35. The number of urea groups is 1. The minimum Gasteiger partial charge on any atom is -0.361 e. The van der Waals surface area contributed by atoms with Gasteiger partial charge in [-0.3, -0.25) is 0 Å². The molecule has 0 fully saturated rings. The molecular formula is C19H23N5O2. The van der Waals surface area contributed by atoms with E-state index < -0.39 is 0 Å². The van der Waals surface area contributed by atoms with Crippen LogP contribution in [0.3, 0.4) is 0 Å². The molecule has 3 rings (SSSR count). The van der Waals surface area contributed by atoms with E-state index in [1.165, 1.54) is 0 Å². The van der Waals surface area contributed by atoms with E-state index in [-0.39, 0.29) is 12.1 Å². The van der Waals surface area contributed by atoms with E-state index in [2.05, 4.69) is 15.5 Å². The first-order chi connectivity index (χ1) is 12.5. The topological polar surface area (TPSA) is 76.2 Å². The molecule has 7 heteroatoms. The molecule has 1 atom stereocenters. The van der Waals surface area contributed by atoms with E-state index in [0.29, 0.717) is 6.54 Å². The fraction of sp³-hybridized carbons (Fsp3) is 0.316. The summed E-state index contributed by atoms with van der Waals surface area (Å²) in [5.74, 6) is 1.50. The van der Waals surface area contributed by atoms with Gasteiger partial charge in [-0.15, -0.1) is 0 Å². The van der Waals surface area contributed by atoms with Gasteiger partial charge in [-0.1, -0.05) is 35.5 Å². The van der Waals surface area contributed by atoms with Gasteiger partial charge in [0, 0.05) is 32.1 Å². The minimum atomic E-state index is -0.337. The van der Waals surface area contributed by atoms with Crippen LogP contribution in [0.4, 0.5) is 4.79 Å². The number of nitrogens with zero attached hydrogens (tertiary/aromatic N) is 4. The second-order valence-electron chi connectivity index (χ2n) is 6.35. The predicted molar refractivity (Wildman–Crippen MR) is 97.5 cm³/mol. The first kappa shape index (κ1) is 17.7. The number of carbonyl (C=O) groups excluding carboxylic acids is 1. The van der Waals surface area contributed by atoms with Crippen molar-refractivity contribution in [3.8, 4) is 0 Å². The fourth-order valence-electron chi connectivity index (χ4n) is 2.87. The molecule has 136 valence electrons. The van der Waals surface area contributed by atoms with Crippen LogP contribution in [-0.4, -0.2) is 32.7 Å². The Morgan fingerprint density at radius 1 is 1.31 bits per heavy atom. The van der Waals surface area contributed by atoms with Crippen molar-refractivity contribution in [2.24, 2.45) is 7.05 Å². The molecule has 0 aliphatic carbocycles. The first-order valence-electron chi connectivity index (χ1n) is 8.43. The second kappa shape index (κ2) is 7.43. The molecule has 7 nitrogen and oxygen atoms in total. The maximum Gasteiger partial charge on any atom is 0.318 e. The molecule has 2 amide bonds. The molecule has 0 saturated heterocycles. The summed E-state index contributed by atoms with van der Waals surface area (Å²) < 4.78 is 7.09. The Labute approximate surface area is 152 Å². The van der Waals surface area contributed by atoms with Gasteiger partial charge in [0.2, 0.25) is 0 Å². The van der Waals surface area contributed by atoms with E-state index >= 15 is 0 Å². The Bertz CT molecular complexity index is 865. The van der Waals surface area contributed by atoms with Crippen molar-refractivity contribution in [3.05, 3.63) is 71.1 Å². The van der Waals surface area contributed by atoms with Crippen LogP contribution in [0.5, 0.6) is 0 Å². The van der Waals surface area contributed by atoms with Crippen molar-refractivity contribution in [3.63, 3.8) is 0 Å². The van der Waals surface area contributed by atoms with Gasteiger partial charge in [0.15, 0.2) is 0 Å². The zero-order valence-electron chi connectivity index (χ0n) is 15.4. The van der Waals surface area contributed by atoms with Crippen molar-refractivity contribution in [1.29, 1.82) is 0 Å². The summed E-state index contributed by atoms with van der Waals surface area (Å²) in [4.78, 5) is 18.8. The van der Waals surface area contributed by atoms with Gasteiger partial charge in [0.25, 0.3) is 0 Å². The van der Waals surface area contributed by atoms with Crippen LogP contribution in [0, 0.1) is 13.8 Å². The minimum absolute atomic E-state index is 0.193. The number of imidazole rings is 1. The lowest BCUT2D eigenvalue weighted by Crippen LogP contribution is -2.40. The average molecular weight is 353 g/mol. The van der Waals surface area contributed by atoms with Gasteiger partial charge in [0.05, 0.1) is 12.2 Å². The highest BCUT2D eigenvalue weighted by Gasteiger charge is 2.23. The standard InChI is InChI=1S/C19H23N5O2/c1-13-16(14(2)26-22-13)12-24(4)19(25)21-17(15-8-6-5-7-9-15)18-20-10-11-23(18)3/h5-11,17H,12H2,1-4H3,(H,21,25). The maximum absolute atomic E-state index is 12.8. The summed E-state index contributed by atoms with van der Waals surface area (Å²) in [5.41, 5.74) is 2.70. The Morgan fingerprint density at radius 2 is 2.04 bits per heavy atom. The Morgan fingerprint density at radius 3 is 2.62 bits per heavy atom. The number of aryl methyl sites for hydroxylation is 3. The monoisotopic (exact) mass is 353 g/mol. The summed E-state index contributed by atoms with van der Waals surface area (Å²) in [6, 6.07) is 9.28. The average Bonchev–Trinajstić information content (AvgIpc) is 3.20. The summed E-state index contributed by atoms with van der Waals surface area (Å²) >= 11 is 0. The van der Waals surface area contributed by atoms with E-state index in [1.54, 1.807) is 18.1 Å². The van der Waals surface area contributed by atoms with Gasteiger partial charge < -0.3 is 19.3 Å². The number of hydrogen-bond donors (Lipinski definition) is 1. The van der Waals surface area contributed by atoms with E-state index in [1.807, 2.05) is 62.0 Å². The van der Waals surface area contributed by atoms with Crippen LogP contribution >= 0.6 is 0 Å². The third kappa shape index (κ3) is 3.61. The highest BCUT2D eigenvalue weighted by atomic mass is 16.5. The molecule has 0 spiro atoms. The van der Waals surface area contributed by atoms with E-state index in [9.17, 15) is 4.79 Å². The smallest absolute Gasteiger partial charge is 0.318 e. The van der Waals surface area contributed by atoms with Gasteiger partial charge >= 0.3 is 6.03 Å². The molecule has 1 N–H and O–H groups in total. The molecule has 0 bridgehead atoms. The quantitative estimate of drug-likeness (QED) is 0.765.